The molecule has 136 valence electrons. The van der Waals surface area contributed by atoms with E-state index in [1.807, 2.05) is 6.07 Å². The summed E-state index contributed by atoms with van der Waals surface area (Å²) in [6.45, 7) is 0.778. The fraction of sp³-hybridized carbons (Fsp3) is 0.333. The number of nitrogens with zero attached hydrogens (tertiary/aromatic N) is 1. The topological polar surface area (TPSA) is 94.6 Å². The zero-order chi connectivity index (χ0) is 18.1. The number of carbonyl (C=O) groups is 1. The highest BCUT2D eigenvalue weighted by atomic mass is 32.2. The van der Waals surface area contributed by atoms with Crippen LogP contribution in [-0.4, -0.2) is 32.5 Å². The highest BCUT2D eigenvalue weighted by Crippen LogP contribution is 2.30. The Bertz CT molecular complexity index is 972. The maximum Gasteiger partial charge on any atom is 0.283 e. The van der Waals surface area contributed by atoms with E-state index in [1.165, 1.54) is 18.3 Å². The molecule has 1 aliphatic heterocycles. The van der Waals surface area contributed by atoms with E-state index in [0.29, 0.717) is 31.1 Å². The Morgan fingerprint density at radius 1 is 1.08 bits per heavy atom. The first-order valence-corrected chi connectivity index (χ1v) is 9.96. The van der Waals surface area contributed by atoms with Gasteiger partial charge in [0.25, 0.3) is 15.9 Å². The van der Waals surface area contributed by atoms with Gasteiger partial charge in [-0.1, -0.05) is 12.1 Å². The number of ether oxygens (including phenoxy) is 2. The highest BCUT2D eigenvalue weighted by molar-refractivity contribution is 7.90. The third-order valence-electron chi connectivity index (χ3n) is 4.53. The summed E-state index contributed by atoms with van der Waals surface area (Å²) in [5, 5.41) is 0. The maximum absolute atomic E-state index is 12.8. The third-order valence-corrected chi connectivity index (χ3v) is 5.95. The van der Waals surface area contributed by atoms with Gasteiger partial charge in [-0.25, -0.2) is 18.1 Å². The van der Waals surface area contributed by atoms with Crippen molar-refractivity contribution in [2.24, 2.45) is 0 Å². The van der Waals surface area contributed by atoms with Crippen LogP contribution in [0.15, 0.2) is 35.4 Å². The largest absolute Gasteiger partial charge is 0.486 e. The molecule has 0 spiro atoms. The Balaban J connectivity index is 1.61. The van der Waals surface area contributed by atoms with Crippen molar-refractivity contribution in [3.8, 4) is 11.5 Å². The van der Waals surface area contributed by atoms with Crippen LogP contribution in [0.2, 0.25) is 0 Å². The number of amides is 1. The molecule has 1 N–H and O–H groups in total. The van der Waals surface area contributed by atoms with Gasteiger partial charge in [0, 0.05) is 6.07 Å². The molecule has 0 atom stereocenters. The number of carbonyl (C=O) groups excluding carboxylic acids is 1. The molecule has 2 heterocycles. The van der Waals surface area contributed by atoms with Gasteiger partial charge in [0.15, 0.2) is 11.5 Å². The van der Waals surface area contributed by atoms with Gasteiger partial charge in [-0.05, 0) is 42.9 Å². The van der Waals surface area contributed by atoms with Crippen LogP contribution >= 0.6 is 0 Å². The van der Waals surface area contributed by atoms with E-state index in [0.717, 1.165) is 30.4 Å². The lowest BCUT2D eigenvalue weighted by molar-refractivity contribution is 0.0975. The van der Waals surface area contributed by atoms with E-state index in [2.05, 4.69) is 9.71 Å². The lowest BCUT2D eigenvalue weighted by Crippen LogP contribution is -2.32. The number of pyridine rings is 1. The molecule has 1 aromatic carbocycles. The first-order valence-electron chi connectivity index (χ1n) is 8.48. The molecule has 4 rings (SSSR count). The second-order valence-electron chi connectivity index (χ2n) is 6.25. The summed E-state index contributed by atoms with van der Waals surface area (Å²) in [5.74, 6) is 0.0223. The van der Waals surface area contributed by atoms with Gasteiger partial charge in [-0.2, -0.15) is 0 Å². The molecule has 1 aromatic heterocycles. The number of benzene rings is 1. The minimum absolute atomic E-state index is 0.0392. The second-order valence-corrected chi connectivity index (χ2v) is 7.90. The van der Waals surface area contributed by atoms with Crippen molar-refractivity contribution in [1.82, 2.24) is 9.71 Å². The van der Waals surface area contributed by atoms with Gasteiger partial charge < -0.3 is 9.47 Å². The van der Waals surface area contributed by atoms with Crippen molar-refractivity contribution in [1.29, 1.82) is 0 Å². The average Bonchev–Trinajstić information content (AvgIpc) is 2.66. The standard InChI is InChI=1S/C18H18N2O5S/c21-18(14-10-15-16(11-19-14)25-9-8-24-15)20-26(22,23)17-7-3-5-12-4-1-2-6-13(12)17/h3,5,7,10-11H,1-2,4,6,8-9H2,(H,20,21). The maximum atomic E-state index is 12.8. The first-order chi connectivity index (χ1) is 12.5. The SMILES string of the molecule is O=C(NS(=O)(=O)c1cccc2c1CCCC2)c1cc2c(cn1)OCCO2. The number of sulfonamides is 1. The predicted octanol–water partition coefficient (Wildman–Crippen LogP) is 1.85. The van der Waals surface area contributed by atoms with E-state index >= 15 is 0 Å². The lowest BCUT2D eigenvalue weighted by Gasteiger charge is -2.20. The molecule has 1 aliphatic carbocycles. The predicted molar refractivity (Wildman–Crippen MR) is 93.0 cm³/mol. The zero-order valence-electron chi connectivity index (χ0n) is 14.0. The molecule has 0 bridgehead atoms. The number of rotatable bonds is 3. The monoisotopic (exact) mass is 374 g/mol. The number of nitrogens with one attached hydrogen (secondary N) is 1. The van der Waals surface area contributed by atoms with E-state index < -0.39 is 15.9 Å². The summed E-state index contributed by atoms with van der Waals surface area (Å²) < 4.78 is 38.4. The van der Waals surface area contributed by atoms with Crippen molar-refractivity contribution in [2.75, 3.05) is 13.2 Å². The Labute approximate surface area is 151 Å². The van der Waals surface area contributed by atoms with Gasteiger partial charge in [0.05, 0.1) is 11.1 Å². The summed E-state index contributed by atoms with van der Waals surface area (Å²) in [6.07, 6.45) is 4.90. The number of hydrogen-bond acceptors (Lipinski definition) is 6. The first kappa shape index (κ1) is 16.8. The van der Waals surface area contributed by atoms with Crippen LogP contribution < -0.4 is 14.2 Å². The number of fused-ring (bicyclic) bond motifs is 2. The minimum Gasteiger partial charge on any atom is -0.486 e. The fourth-order valence-corrected chi connectivity index (χ4v) is 4.57. The van der Waals surface area contributed by atoms with E-state index in [4.69, 9.17) is 9.47 Å². The van der Waals surface area contributed by atoms with Gasteiger partial charge in [-0.3, -0.25) is 4.79 Å². The Morgan fingerprint density at radius 3 is 2.69 bits per heavy atom. The summed E-state index contributed by atoms with van der Waals surface area (Å²) in [4.78, 5) is 16.6. The van der Waals surface area contributed by atoms with Crippen molar-refractivity contribution in [3.05, 3.63) is 47.3 Å². The van der Waals surface area contributed by atoms with Crippen molar-refractivity contribution in [3.63, 3.8) is 0 Å². The normalized spacial score (nSPS) is 15.8. The molecule has 2 aliphatic rings. The Morgan fingerprint density at radius 2 is 1.85 bits per heavy atom. The molecule has 0 saturated heterocycles. The van der Waals surface area contributed by atoms with Crippen LogP contribution in [0.25, 0.3) is 0 Å². The van der Waals surface area contributed by atoms with Crippen molar-refractivity contribution in [2.45, 2.75) is 30.6 Å². The van der Waals surface area contributed by atoms with Crippen LogP contribution in [0.3, 0.4) is 0 Å². The molecule has 7 nitrogen and oxygen atoms in total. The molecule has 0 unspecified atom stereocenters. The third kappa shape index (κ3) is 3.12. The van der Waals surface area contributed by atoms with Gasteiger partial charge in [-0.15, -0.1) is 0 Å². The van der Waals surface area contributed by atoms with Crippen molar-refractivity contribution < 1.29 is 22.7 Å². The fourth-order valence-electron chi connectivity index (χ4n) is 3.30. The van der Waals surface area contributed by atoms with Crippen LogP contribution in [-0.2, 0) is 22.9 Å². The van der Waals surface area contributed by atoms with Crippen molar-refractivity contribution >= 4 is 15.9 Å². The zero-order valence-corrected chi connectivity index (χ0v) is 14.8. The molecule has 26 heavy (non-hydrogen) atoms. The van der Waals surface area contributed by atoms with Crippen LogP contribution in [0, 0.1) is 0 Å². The molecule has 1 amide bonds. The molecule has 0 fully saturated rings. The van der Waals surface area contributed by atoms with Gasteiger partial charge in [0.2, 0.25) is 0 Å². The quantitative estimate of drug-likeness (QED) is 0.881. The molecule has 8 heteroatoms. The number of aromatic nitrogens is 1. The van der Waals surface area contributed by atoms with Gasteiger partial charge >= 0.3 is 0 Å². The van der Waals surface area contributed by atoms with E-state index in [9.17, 15) is 13.2 Å². The summed E-state index contributed by atoms with van der Waals surface area (Å²) in [7, 11) is -3.98. The Hall–Kier alpha value is -2.61. The molecule has 0 saturated carbocycles. The smallest absolute Gasteiger partial charge is 0.283 e. The van der Waals surface area contributed by atoms with Crippen LogP contribution in [0.5, 0.6) is 11.5 Å². The molecule has 0 radical (unpaired) electrons. The summed E-state index contributed by atoms with van der Waals surface area (Å²) >= 11 is 0. The molecular weight excluding hydrogens is 356 g/mol. The van der Waals surface area contributed by atoms with Gasteiger partial charge in [0.1, 0.15) is 18.9 Å². The minimum atomic E-state index is -3.98. The average molecular weight is 374 g/mol. The van der Waals surface area contributed by atoms with Crippen LogP contribution in [0.1, 0.15) is 34.5 Å². The molecular formula is C18H18N2O5S. The number of aryl methyl sites for hydroxylation is 1. The van der Waals surface area contributed by atoms with E-state index in [-0.39, 0.29) is 10.6 Å². The summed E-state index contributed by atoms with van der Waals surface area (Å²) in [6, 6.07) is 6.58. The second kappa shape index (κ2) is 6.60. The Kier molecular flexibility index (Phi) is 4.28. The summed E-state index contributed by atoms with van der Waals surface area (Å²) in [5.41, 5.74) is 1.79. The van der Waals surface area contributed by atoms with E-state index in [1.54, 1.807) is 6.07 Å². The lowest BCUT2D eigenvalue weighted by atomic mass is 9.92. The molecule has 2 aromatic rings. The number of hydrogen-bond donors (Lipinski definition) is 1. The highest BCUT2D eigenvalue weighted by Gasteiger charge is 2.26. The van der Waals surface area contributed by atoms with Crippen LogP contribution in [0.4, 0.5) is 0 Å².